The summed E-state index contributed by atoms with van der Waals surface area (Å²) in [7, 11) is 0. The monoisotopic (exact) mass is 402 g/mol. The van der Waals surface area contributed by atoms with Crippen molar-refractivity contribution in [2.24, 2.45) is 0 Å². The van der Waals surface area contributed by atoms with Crippen LogP contribution in [-0.2, 0) is 0 Å². The Labute approximate surface area is 177 Å². The van der Waals surface area contributed by atoms with Crippen molar-refractivity contribution < 1.29 is 14.3 Å². The van der Waals surface area contributed by atoms with Crippen LogP contribution in [0.15, 0.2) is 78.9 Å². The fraction of sp³-hybridized carbons (Fsp3) is 0.200. The fourth-order valence-electron chi connectivity index (χ4n) is 3.00. The zero-order valence-corrected chi connectivity index (χ0v) is 17.4. The second kappa shape index (κ2) is 9.74. The SMILES string of the molecule is CC(C)Oc1cccc(C(=O)Nc2ccc(C(=O)NC(C)c3ccccc3)cc2)c1. The number of nitrogens with one attached hydrogen (secondary N) is 2. The van der Waals surface area contributed by atoms with E-state index in [1.165, 1.54) is 0 Å². The molecular weight excluding hydrogens is 376 g/mol. The predicted molar refractivity (Wildman–Crippen MR) is 119 cm³/mol. The van der Waals surface area contributed by atoms with E-state index in [-0.39, 0.29) is 24.0 Å². The van der Waals surface area contributed by atoms with E-state index >= 15 is 0 Å². The van der Waals surface area contributed by atoms with Gasteiger partial charge in [0.2, 0.25) is 0 Å². The van der Waals surface area contributed by atoms with Crippen LogP contribution in [0.4, 0.5) is 5.69 Å². The molecule has 5 nitrogen and oxygen atoms in total. The van der Waals surface area contributed by atoms with Crippen molar-refractivity contribution in [1.29, 1.82) is 0 Å². The highest BCUT2D eigenvalue weighted by molar-refractivity contribution is 6.04. The molecule has 3 aromatic rings. The molecule has 5 heteroatoms. The average Bonchev–Trinajstić information content (AvgIpc) is 2.74. The van der Waals surface area contributed by atoms with E-state index < -0.39 is 0 Å². The molecule has 0 aliphatic carbocycles. The smallest absolute Gasteiger partial charge is 0.255 e. The molecule has 0 aliphatic rings. The first-order valence-electron chi connectivity index (χ1n) is 9.96. The lowest BCUT2D eigenvalue weighted by Crippen LogP contribution is -2.26. The second-order valence-corrected chi connectivity index (χ2v) is 7.33. The molecule has 0 heterocycles. The number of carbonyl (C=O) groups is 2. The van der Waals surface area contributed by atoms with Crippen molar-refractivity contribution in [3.63, 3.8) is 0 Å². The predicted octanol–water partition coefficient (Wildman–Crippen LogP) is 5.22. The number of hydrogen-bond acceptors (Lipinski definition) is 3. The fourth-order valence-corrected chi connectivity index (χ4v) is 3.00. The van der Waals surface area contributed by atoms with Crippen LogP contribution in [0.5, 0.6) is 5.75 Å². The van der Waals surface area contributed by atoms with Crippen molar-refractivity contribution in [1.82, 2.24) is 5.32 Å². The van der Waals surface area contributed by atoms with Gasteiger partial charge >= 0.3 is 0 Å². The molecule has 0 spiro atoms. The maximum Gasteiger partial charge on any atom is 0.255 e. The van der Waals surface area contributed by atoms with Crippen molar-refractivity contribution in [3.8, 4) is 5.75 Å². The zero-order chi connectivity index (χ0) is 21.5. The van der Waals surface area contributed by atoms with Crippen LogP contribution in [0.1, 0.15) is 53.1 Å². The molecule has 0 fully saturated rings. The van der Waals surface area contributed by atoms with Crippen molar-refractivity contribution in [2.45, 2.75) is 32.9 Å². The average molecular weight is 402 g/mol. The van der Waals surface area contributed by atoms with Gasteiger partial charge in [-0.1, -0.05) is 36.4 Å². The standard InChI is InChI=1S/C25H26N2O3/c1-17(2)30-23-11-7-10-21(16-23)25(29)27-22-14-12-20(13-15-22)24(28)26-18(3)19-8-5-4-6-9-19/h4-18H,1-3H3,(H,26,28)(H,27,29). The van der Waals surface area contributed by atoms with Crippen LogP contribution in [0.3, 0.4) is 0 Å². The summed E-state index contributed by atoms with van der Waals surface area (Å²) in [6.07, 6.45) is 0.0339. The molecule has 0 radical (unpaired) electrons. The Morgan fingerprint density at radius 1 is 0.767 bits per heavy atom. The minimum atomic E-state index is -0.237. The van der Waals surface area contributed by atoms with E-state index in [0.29, 0.717) is 22.6 Å². The number of anilines is 1. The van der Waals surface area contributed by atoms with Crippen LogP contribution >= 0.6 is 0 Å². The summed E-state index contributed by atoms with van der Waals surface area (Å²) in [6, 6.07) is 23.6. The topological polar surface area (TPSA) is 67.4 Å². The van der Waals surface area contributed by atoms with E-state index in [1.54, 1.807) is 42.5 Å². The molecule has 2 amide bonds. The van der Waals surface area contributed by atoms with Crippen molar-refractivity contribution in [2.75, 3.05) is 5.32 Å². The minimum Gasteiger partial charge on any atom is -0.491 e. The lowest BCUT2D eigenvalue weighted by molar-refractivity contribution is 0.0939. The number of rotatable bonds is 7. The Hall–Kier alpha value is -3.60. The number of ether oxygens (including phenoxy) is 1. The molecular formula is C25H26N2O3. The van der Waals surface area contributed by atoms with E-state index in [2.05, 4.69) is 10.6 Å². The molecule has 0 saturated carbocycles. The van der Waals surface area contributed by atoms with Crippen LogP contribution in [0.25, 0.3) is 0 Å². The maximum absolute atomic E-state index is 12.5. The third-order valence-corrected chi connectivity index (χ3v) is 4.52. The van der Waals surface area contributed by atoms with Gasteiger partial charge in [-0.2, -0.15) is 0 Å². The summed E-state index contributed by atoms with van der Waals surface area (Å²) < 4.78 is 5.64. The summed E-state index contributed by atoms with van der Waals surface area (Å²) in [5, 5.41) is 5.83. The van der Waals surface area contributed by atoms with Crippen molar-refractivity contribution >= 4 is 17.5 Å². The van der Waals surface area contributed by atoms with E-state index in [1.807, 2.05) is 57.2 Å². The lowest BCUT2D eigenvalue weighted by Gasteiger charge is -2.14. The Balaban J connectivity index is 1.61. The molecule has 154 valence electrons. The first-order valence-corrected chi connectivity index (χ1v) is 9.96. The molecule has 2 N–H and O–H groups in total. The normalized spacial score (nSPS) is 11.6. The first kappa shape index (κ1) is 21.1. The molecule has 0 aromatic heterocycles. The lowest BCUT2D eigenvalue weighted by atomic mass is 10.1. The molecule has 0 aliphatic heterocycles. The number of hydrogen-bond donors (Lipinski definition) is 2. The third-order valence-electron chi connectivity index (χ3n) is 4.52. The van der Waals surface area contributed by atoms with Crippen LogP contribution in [0.2, 0.25) is 0 Å². The Morgan fingerprint density at radius 2 is 1.47 bits per heavy atom. The van der Waals surface area contributed by atoms with E-state index in [0.717, 1.165) is 5.56 Å². The van der Waals surface area contributed by atoms with E-state index in [4.69, 9.17) is 4.74 Å². The van der Waals surface area contributed by atoms with E-state index in [9.17, 15) is 9.59 Å². The summed E-state index contributed by atoms with van der Waals surface area (Å²) in [5.41, 5.74) is 2.69. The van der Waals surface area contributed by atoms with Gasteiger partial charge in [0.25, 0.3) is 11.8 Å². The summed E-state index contributed by atoms with van der Waals surface area (Å²) in [5.74, 6) is 0.249. The molecule has 1 atom stereocenters. The Kier molecular flexibility index (Phi) is 6.86. The highest BCUT2D eigenvalue weighted by Gasteiger charge is 2.12. The summed E-state index contributed by atoms with van der Waals surface area (Å²) in [6.45, 7) is 5.81. The second-order valence-electron chi connectivity index (χ2n) is 7.33. The number of carbonyl (C=O) groups excluding carboxylic acids is 2. The van der Waals surface area contributed by atoms with Gasteiger partial charge in [-0.15, -0.1) is 0 Å². The van der Waals surface area contributed by atoms with Gasteiger partial charge in [0.1, 0.15) is 5.75 Å². The molecule has 1 unspecified atom stereocenters. The van der Waals surface area contributed by atoms with Gasteiger partial charge in [-0.25, -0.2) is 0 Å². The van der Waals surface area contributed by atoms with Gasteiger partial charge < -0.3 is 15.4 Å². The Bertz CT molecular complexity index is 998. The van der Waals surface area contributed by atoms with Crippen LogP contribution in [0, 0.1) is 0 Å². The maximum atomic E-state index is 12.5. The quantitative estimate of drug-likeness (QED) is 0.570. The van der Waals surface area contributed by atoms with Gasteiger partial charge in [-0.05, 0) is 68.8 Å². The number of amides is 2. The van der Waals surface area contributed by atoms with Crippen LogP contribution in [-0.4, -0.2) is 17.9 Å². The van der Waals surface area contributed by atoms with Gasteiger partial charge in [0, 0.05) is 16.8 Å². The largest absolute Gasteiger partial charge is 0.491 e. The van der Waals surface area contributed by atoms with Crippen LogP contribution < -0.4 is 15.4 Å². The van der Waals surface area contributed by atoms with Gasteiger partial charge in [-0.3, -0.25) is 9.59 Å². The zero-order valence-electron chi connectivity index (χ0n) is 17.4. The molecule has 3 rings (SSSR count). The van der Waals surface area contributed by atoms with Gasteiger partial charge in [0.05, 0.1) is 12.1 Å². The molecule has 0 saturated heterocycles. The summed E-state index contributed by atoms with van der Waals surface area (Å²) >= 11 is 0. The highest BCUT2D eigenvalue weighted by Crippen LogP contribution is 2.18. The minimum absolute atomic E-state index is 0.0339. The molecule has 30 heavy (non-hydrogen) atoms. The summed E-state index contributed by atoms with van der Waals surface area (Å²) in [4.78, 5) is 25.0. The highest BCUT2D eigenvalue weighted by atomic mass is 16.5. The molecule has 0 bridgehead atoms. The Morgan fingerprint density at radius 3 is 2.13 bits per heavy atom. The van der Waals surface area contributed by atoms with Gasteiger partial charge in [0.15, 0.2) is 0 Å². The third kappa shape index (κ3) is 5.70. The van der Waals surface area contributed by atoms with Crippen molar-refractivity contribution in [3.05, 3.63) is 95.6 Å². The molecule has 3 aromatic carbocycles. The number of benzene rings is 3. The first-order chi connectivity index (χ1) is 14.4.